The number of hydrazine groups is 1. The standard InChI is InChI=1S/C28H40N4O3/c1-5-19(2)25-16-24(35-4)15-12-22(25)17-32(28(34)21-8-6-7-9-21)18-26(31(3)30)27(29)20-10-13-23(33)14-11-20/h10-16,19,21,33H,5-9,17-18,29-30H2,1-4H3/b27-26-. The lowest BCUT2D eigenvalue weighted by molar-refractivity contribution is -0.135. The Morgan fingerprint density at radius 3 is 2.40 bits per heavy atom. The molecule has 0 aromatic heterocycles. The van der Waals surface area contributed by atoms with E-state index < -0.39 is 0 Å². The number of phenolic OH excluding ortho intramolecular Hbond substituents is 1. The molecule has 2 aromatic carbocycles. The molecule has 7 nitrogen and oxygen atoms in total. The Morgan fingerprint density at radius 2 is 1.83 bits per heavy atom. The van der Waals surface area contributed by atoms with Crippen molar-refractivity contribution >= 4 is 11.6 Å². The second kappa shape index (κ2) is 12.0. The van der Waals surface area contributed by atoms with Crippen molar-refractivity contribution in [1.29, 1.82) is 0 Å². The van der Waals surface area contributed by atoms with Crippen LogP contribution in [0.3, 0.4) is 0 Å². The minimum absolute atomic E-state index is 0.0273. The third-order valence-electron chi connectivity index (χ3n) is 7.13. The fourth-order valence-corrected chi connectivity index (χ4v) is 4.75. The summed E-state index contributed by atoms with van der Waals surface area (Å²) in [4.78, 5) is 15.6. The summed E-state index contributed by atoms with van der Waals surface area (Å²) in [6.07, 6.45) is 4.99. The highest BCUT2D eigenvalue weighted by molar-refractivity contribution is 5.80. The van der Waals surface area contributed by atoms with Gasteiger partial charge in [-0.25, -0.2) is 5.84 Å². The number of amides is 1. The molecule has 2 aromatic rings. The van der Waals surface area contributed by atoms with Gasteiger partial charge in [0.05, 0.1) is 25.0 Å². The van der Waals surface area contributed by atoms with E-state index in [9.17, 15) is 9.90 Å². The van der Waals surface area contributed by atoms with Crippen molar-refractivity contribution in [2.75, 3.05) is 20.7 Å². The number of nitrogens with two attached hydrogens (primary N) is 2. The molecule has 0 saturated heterocycles. The molecule has 1 aliphatic rings. The number of hydrogen-bond donors (Lipinski definition) is 3. The van der Waals surface area contributed by atoms with Crippen LogP contribution < -0.4 is 16.3 Å². The number of benzene rings is 2. The van der Waals surface area contributed by atoms with Gasteiger partial charge in [-0.05, 0) is 78.3 Å². The van der Waals surface area contributed by atoms with Crippen molar-refractivity contribution in [3.05, 3.63) is 64.9 Å². The lowest BCUT2D eigenvalue weighted by Crippen LogP contribution is -2.41. The van der Waals surface area contributed by atoms with E-state index in [1.165, 1.54) is 10.6 Å². The maximum atomic E-state index is 13.7. The molecule has 1 saturated carbocycles. The Bertz CT molecular complexity index is 1030. The third-order valence-corrected chi connectivity index (χ3v) is 7.13. The summed E-state index contributed by atoms with van der Waals surface area (Å²) in [7, 11) is 3.41. The number of rotatable bonds is 10. The number of ether oxygens (including phenoxy) is 1. The molecule has 0 spiro atoms. The zero-order chi connectivity index (χ0) is 25.5. The molecule has 0 radical (unpaired) electrons. The van der Waals surface area contributed by atoms with E-state index in [0.29, 0.717) is 30.4 Å². The smallest absolute Gasteiger partial charge is 0.226 e. The normalized spacial score (nSPS) is 15.5. The molecule has 1 aliphatic carbocycles. The first-order chi connectivity index (χ1) is 16.7. The topological polar surface area (TPSA) is 105 Å². The van der Waals surface area contributed by atoms with E-state index in [4.69, 9.17) is 16.3 Å². The van der Waals surface area contributed by atoms with Gasteiger partial charge in [0.15, 0.2) is 0 Å². The monoisotopic (exact) mass is 480 g/mol. The van der Waals surface area contributed by atoms with Crippen molar-refractivity contribution in [3.63, 3.8) is 0 Å². The van der Waals surface area contributed by atoms with Crippen molar-refractivity contribution in [2.24, 2.45) is 17.5 Å². The van der Waals surface area contributed by atoms with Crippen LogP contribution in [0.2, 0.25) is 0 Å². The van der Waals surface area contributed by atoms with Crippen molar-refractivity contribution in [3.8, 4) is 11.5 Å². The second-order valence-electron chi connectivity index (χ2n) is 9.57. The van der Waals surface area contributed by atoms with E-state index in [1.54, 1.807) is 38.4 Å². The van der Waals surface area contributed by atoms with Crippen LogP contribution in [0.5, 0.6) is 11.5 Å². The molecule has 1 fully saturated rings. The Hall–Kier alpha value is -3.19. The lowest BCUT2D eigenvalue weighted by Gasteiger charge is -2.31. The Kier molecular flexibility index (Phi) is 9.04. The highest BCUT2D eigenvalue weighted by Crippen LogP contribution is 2.31. The number of aromatic hydroxyl groups is 1. The van der Waals surface area contributed by atoms with Crippen LogP contribution in [0.25, 0.3) is 5.70 Å². The predicted octanol–water partition coefficient (Wildman–Crippen LogP) is 4.57. The van der Waals surface area contributed by atoms with E-state index in [1.807, 2.05) is 11.0 Å². The molecule has 7 heteroatoms. The largest absolute Gasteiger partial charge is 0.508 e. The minimum Gasteiger partial charge on any atom is -0.508 e. The summed E-state index contributed by atoms with van der Waals surface area (Å²) in [5, 5.41) is 11.2. The molecule has 1 unspecified atom stereocenters. The fraction of sp³-hybridized carbons (Fsp3) is 0.464. The van der Waals surface area contributed by atoms with Gasteiger partial charge in [-0.1, -0.05) is 32.8 Å². The van der Waals surface area contributed by atoms with Gasteiger partial charge in [-0.2, -0.15) is 0 Å². The molecule has 5 N–H and O–H groups in total. The van der Waals surface area contributed by atoms with Gasteiger partial charge in [-0.15, -0.1) is 0 Å². The molecule has 190 valence electrons. The first-order valence-corrected chi connectivity index (χ1v) is 12.5. The van der Waals surface area contributed by atoms with E-state index in [2.05, 4.69) is 26.0 Å². The lowest BCUT2D eigenvalue weighted by atomic mass is 9.92. The molecule has 1 amide bonds. The number of phenols is 1. The molecular formula is C28H40N4O3. The molecular weight excluding hydrogens is 440 g/mol. The number of hydrogen-bond acceptors (Lipinski definition) is 6. The molecule has 0 aliphatic heterocycles. The minimum atomic E-state index is 0.0273. The SMILES string of the molecule is CCC(C)c1cc(OC)ccc1CN(C/C(=C(/N)c1ccc(O)cc1)N(C)N)C(=O)C1CCCC1. The summed E-state index contributed by atoms with van der Waals surface area (Å²) in [6.45, 7) is 5.13. The van der Waals surface area contributed by atoms with E-state index in [0.717, 1.165) is 49.0 Å². The number of carbonyl (C=O) groups is 1. The maximum absolute atomic E-state index is 13.7. The van der Waals surface area contributed by atoms with E-state index in [-0.39, 0.29) is 17.6 Å². The molecule has 0 heterocycles. The fourth-order valence-electron chi connectivity index (χ4n) is 4.75. The van der Waals surface area contributed by atoms with Gasteiger partial charge in [0, 0.05) is 19.5 Å². The Morgan fingerprint density at radius 1 is 1.17 bits per heavy atom. The molecule has 35 heavy (non-hydrogen) atoms. The van der Waals surface area contributed by atoms with Crippen LogP contribution in [-0.4, -0.2) is 41.6 Å². The van der Waals surface area contributed by atoms with Crippen molar-refractivity contribution in [2.45, 2.75) is 58.4 Å². The number of likely N-dealkylation sites (N-methyl/N-ethyl adjacent to an activating group) is 1. The average molecular weight is 481 g/mol. The van der Waals surface area contributed by atoms with Crippen molar-refractivity contribution in [1.82, 2.24) is 9.91 Å². The quantitative estimate of drug-likeness (QED) is 0.340. The van der Waals surface area contributed by atoms with Crippen LogP contribution >= 0.6 is 0 Å². The van der Waals surface area contributed by atoms with Gasteiger partial charge >= 0.3 is 0 Å². The summed E-state index contributed by atoms with van der Waals surface area (Å²) in [6, 6.07) is 12.8. The van der Waals surface area contributed by atoms with Crippen LogP contribution in [-0.2, 0) is 11.3 Å². The van der Waals surface area contributed by atoms with Gasteiger partial charge in [-0.3, -0.25) is 4.79 Å². The van der Waals surface area contributed by atoms with Crippen LogP contribution in [0.15, 0.2) is 48.2 Å². The first-order valence-electron chi connectivity index (χ1n) is 12.5. The second-order valence-corrected chi connectivity index (χ2v) is 9.57. The Balaban J connectivity index is 2.01. The zero-order valence-corrected chi connectivity index (χ0v) is 21.5. The number of carbonyl (C=O) groups excluding carboxylic acids is 1. The summed E-state index contributed by atoms with van der Waals surface area (Å²) >= 11 is 0. The van der Waals surface area contributed by atoms with E-state index >= 15 is 0 Å². The molecule has 0 bridgehead atoms. The van der Waals surface area contributed by atoms with Gasteiger partial charge in [0.2, 0.25) is 5.91 Å². The summed E-state index contributed by atoms with van der Waals surface area (Å²) in [5.41, 5.74) is 10.7. The molecule has 3 rings (SSSR count). The summed E-state index contributed by atoms with van der Waals surface area (Å²) < 4.78 is 5.48. The maximum Gasteiger partial charge on any atom is 0.226 e. The average Bonchev–Trinajstić information content (AvgIpc) is 3.40. The number of nitrogens with zero attached hydrogens (tertiary/aromatic N) is 2. The van der Waals surface area contributed by atoms with Crippen LogP contribution in [0.1, 0.15) is 68.6 Å². The van der Waals surface area contributed by atoms with Crippen molar-refractivity contribution < 1.29 is 14.6 Å². The van der Waals surface area contributed by atoms with Gasteiger partial charge in [0.25, 0.3) is 0 Å². The third kappa shape index (κ3) is 6.48. The van der Waals surface area contributed by atoms with Crippen LogP contribution in [0, 0.1) is 5.92 Å². The van der Waals surface area contributed by atoms with Gasteiger partial charge < -0.3 is 25.5 Å². The van der Waals surface area contributed by atoms with Crippen LogP contribution in [0.4, 0.5) is 0 Å². The highest BCUT2D eigenvalue weighted by atomic mass is 16.5. The number of methoxy groups -OCH3 is 1. The zero-order valence-electron chi connectivity index (χ0n) is 21.5. The Labute approximate surface area is 209 Å². The molecule has 1 atom stereocenters. The van der Waals surface area contributed by atoms with Gasteiger partial charge in [0.1, 0.15) is 11.5 Å². The predicted molar refractivity (Wildman–Crippen MR) is 140 cm³/mol. The summed E-state index contributed by atoms with van der Waals surface area (Å²) in [5.74, 6) is 7.71. The highest BCUT2D eigenvalue weighted by Gasteiger charge is 2.29. The first kappa shape index (κ1) is 26.4.